The quantitative estimate of drug-likeness (QED) is 0.571. The second-order valence-corrected chi connectivity index (χ2v) is 5.65. The largest absolute Gasteiger partial charge is 0.378 e. The lowest BCUT2D eigenvalue weighted by atomic mass is 10.1. The smallest absolute Gasteiger partial charge is 0.260 e. The van der Waals surface area contributed by atoms with Gasteiger partial charge in [0, 0.05) is 25.6 Å². The van der Waals surface area contributed by atoms with E-state index in [9.17, 15) is 4.79 Å². The number of carbonyl (C=O) groups is 1. The number of aryl methyl sites for hydroxylation is 1. The molecule has 4 nitrogen and oxygen atoms in total. The van der Waals surface area contributed by atoms with Gasteiger partial charge in [0.2, 0.25) is 0 Å². The molecule has 0 aliphatic carbocycles. The molecule has 1 fully saturated rings. The van der Waals surface area contributed by atoms with Crippen molar-refractivity contribution in [1.82, 2.24) is 4.90 Å². The van der Waals surface area contributed by atoms with Crippen LogP contribution in [-0.2, 0) is 11.3 Å². The minimum absolute atomic E-state index is 0.124. The number of amides is 1. The van der Waals surface area contributed by atoms with Crippen LogP contribution >= 0.6 is 0 Å². The molecule has 1 aliphatic heterocycles. The monoisotopic (exact) mass is 291 g/mol. The Labute approximate surface area is 127 Å². The first-order chi connectivity index (χ1) is 10.3. The predicted molar refractivity (Wildman–Crippen MR) is 82.1 cm³/mol. The summed E-state index contributed by atoms with van der Waals surface area (Å²) in [6, 6.07) is 3.88. The summed E-state index contributed by atoms with van der Waals surface area (Å²) in [5.41, 5.74) is 0.785. The SMILES string of the molecule is CCCCCCC[n+]1cccc(C(=O)N2CCOCC2)c1. The average molecular weight is 291 g/mol. The summed E-state index contributed by atoms with van der Waals surface area (Å²) < 4.78 is 7.43. The van der Waals surface area contributed by atoms with Gasteiger partial charge < -0.3 is 9.64 Å². The summed E-state index contributed by atoms with van der Waals surface area (Å²) in [6.07, 6.45) is 10.4. The number of rotatable bonds is 7. The Kier molecular flexibility index (Phi) is 6.67. The van der Waals surface area contributed by atoms with Gasteiger partial charge in [-0.15, -0.1) is 0 Å². The Bertz CT molecular complexity index is 442. The van der Waals surface area contributed by atoms with E-state index in [1.54, 1.807) is 0 Å². The Hall–Kier alpha value is -1.42. The third kappa shape index (κ3) is 5.12. The normalized spacial score (nSPS) is 15.2. The highest BCUT2D eigenvalue weighted by Gasteiger charge is 2.20. The van der Waals surface area contributed by atoms with Gasteiger partial charge in [-0.3, -0.25) is 4.79 Å². The Morgan fingerprint density at radius 2 is 2.00 bits per heavy atom. The van der Waals surface area contributed by atoms with Crippen LogP contribution in [0.1, 0.15) is 49.4 Å². The molecule has 4 heteroatoms. The molecule has 2 heterocycles. The number of unbranched alkanes of at least 4 members (excludes halogenated alkanes) is 4. The van der Waals surface area contributed by atoms with Gasteiger partial charge in [0.15, 0.2) is 12.4 Å². The van der Waals surface area contributed by atoms with E-state index in [0.717, 1.165) is 12.1 Å². The van der Waals surface area contributed by atoms with Crippen molar-refractivity contribution in [2.75, 3.05) is 26.3 Å². The van der Waals surface area contributed by atoms with Gasteiger partial charge in [0.25, 0.3) is 5.91 Å². The van der Waals surface area contributed by atoms with Gasteiger partial charge in [-0.1, -0.05) is 26.2 Å². The number of pyridine rings is 1. The first kappa shape index (κ1) is 16.0. The van der Waals surface area contributed by atoms with Gasteiger partial charge in [0.1, 0.15) is 12.1 Å². The maximum Gasteiger partial charge on any atom is 0.260 e. The van der Waals surface area contributed by atoms with Crippen molar-refractivity contribution in [1.29, 1.82) is 0 Å². The fourth-order valence-electron chi connectivity index (χ4n) is 2.63. The molecule has 0 unspecified atom stereocenters. The Morgan fingerprint density at radius 1 is 1.24 bits per heavy atom. The molecule has 1 saturated heterocycles. The third-order valence-electron chi connectivity index (χ3n) is 3.92. The summed E-state index contributed by atoms with van der Waals surface area (Å²) in [6.45, 7) is 5.92. The second kappa shape index (κ2) is 8.78. The zero-order valence-electron chi connectivity index (χ0n) is 13.1. The van der Waals surface area contributed by atoms with E-state index in [4.69, 9.17) is 4.74 Å². The van der Waals surface area contributed by atoms with E-state index in [1.165, 1.54) is 32.1 Å². The van der Waals surface area contributed by atoms with Crippen molar-refractivity contribution in [2.45, 2.75) is 45.6 Å². The fraction of sp³-hybridized carbons (Fsp3) is 0.647. The van der Waals surface area contributed by atoms with Crippen molar-refractivity contribution in [3.8, 4) is 0 Å². The molecule has 1 aromatic heterocycles. The topological polar surface area (TPSA) is 33.4 Å². The van der Waals surface area contributed by atoms with Gasteiger partial charge in [-0.05, 0) is 12.5 Å². The molecule has 1 aliphatic rings. The van der Waals surface area contributed by atoms with Crippen LogP contribution in [0.5, 0.6) is 0 Å². The van der Waals surface area contributed by atoms with Crippen molar-refractivity contribution in [2.24, 2.45) is 0 Å². The van der Waals surface area contributed by atoms with Gasteiger partial charge in [0.05, 0.1) is 13.2 Å². The van der Waals surface area contributed by atoms with E-state index >= 15 is 0 Å². The minimum atomic E-state index is 0.124. The lowest BCUT2D eigenvalue weighted by molar-refractivity contribution is -0.697. The van der Waals surface area contributed by atoms with Gasteiger partial charge >= 0.3 is 0 Å². The van der Waals surface area contributed by atoms with E-state index in [2.05, 4.69) is 17.7 Å². The average Bonchev–Trinajstić information content (AvgIpc) is 2.55. The Balaban J connectivity index is 1.86. The van der Waals surface area contributed by atoms with Gasteiger partial charge in [-0.2, -0.15) is 0 Å². The first-order valence-corrected chi connectivity index (χ1v) is 8.17. The zero-order chi connectivity index (χ0) is 14.9. The van der Waals surface area contributed by atoms with Crippen LogP contribution in [-0.4, -0.2) is 37.1 Å². The summed E-state index contributed by atoms with van der Waals surface area (Å²) in [5.74, 6) is 0.124. The number of ether oxygens (including phenoxy) is 1. The van der Waals surface area contributed by atoms with Crippen molar-refractivity contribution in [3.05, 3.63) is 30.1 Å². The standard InChI is InChI=1S/C17H27N2O2/c1-2-3-4-5-6-9-18-10-7-8-16(15-18)17(20)19-11-13-21-14-12-19/h7-8,10,15H,2-6,9,11-14H2,1H3/q+1. The van der Waals surface area contributed by atoms with Crippen LogP contribution in [0.25, 0.3) is 0 Å². The summed E-state index contributed by atoms with van der Waals surface area (Å²) in [4.78, 5) is 14.3. The van der Waals surface area contributed by atoms with E-state index in [0.29, 0.717) is 26.3 Å². The molecule has 0 atom stereocenters. The number of hydrogen-bond donors (Lipinski definition) is 0. The lowest BCUT2D eigenvalue weighted by Gasteiger charge is -2.26. The third-order valence-corrected chi connectivity index (χ3v) is 3.92. The molecule has 21 heavy (non-hydrogen) atoms. The summed E-state index contributed by atoms with van der Waals surface area (Å²) >= 11 is 0. The highest BCUT2D eigenvalue weighted by Crippen LogP contribution is 2.06. The van der Waals surface area contributed by atoms with Crippen molar-refractivity contribution >= 4 is 5.91 Å². The van der Waals surface area contributed by atoms with Crippen LogP contribution in [0, 0.1) is 0 Å². The van der Waals surface area contributed by atoms with Crippen LogP contribution in [0.15, 0.2) is 24.5 Å². The molecule has 0 N–H and O–H groups in total. The van der Waals surface area contributed by atoms with Crippen LogP contribution in [0.3, 0.4) is 0 Å². The van der Waals surface area contributed by atoms with Crippen molar-refractivity contribution in [3.63, 3.8) is 0 Å². The first-order valence-electron chi connectivity index (χ1n) is 8.17. The molecule has 0 spiro atoms. The van der Waals surface area contributed by atoms with Crippen LogP contribution < -0.4 is 4.57 Å². The molecular formula is C17H27N2O2+. The zero-order valence-corrected chi connectivity index (χ0v) is 13.1. The fourth-order valence-corrected chi connectivity index (χ4v) is 2.63. The summed E-state index contributed by atoms with van der Waals surface area (Å²) in [5, 5.41) is 0. The van der Waals surface area contributed by atoms with Gasteiger partial charge in [-0.25, -0.2) is 4.57 Å². The Morgan fingerprint density at radius 3 is 2.76 bits per heavy atom. The summed E-state index contributed by atoms with van der Waals surface area (Å²) in [7, 11) is 0. The molecule has 0 radical (unpaired) electrons. The maximum absolute atomic E-state index is 12.4. The second-order valence-electron chi connectivity index (χ2n) is 5.65. The van der Waals surface area contributed by atoms with Crippen LogP contribution in [0.4, 0.5) is 0 Å². The number of morpholine rings is 1. The molecule has 116 valence electrons. The number of aromatic nitrogens is 1. The number of carbonyl (C=O) groups excluding carboxylic acids is 1. The van der Waals surface area contributed by atoms with E-state index in [1.807, 2.05) is 23.2 Å². The van der Waals surface area contributed by atoms with Crippen molar-refractivity contribution < 1.29 is 14.1 Å². The molecule has 1 amide bonds. The number of hydrogen-bond acceptors (Lipinski definition) is 2. The predicted octanol–water partition coefficient (Wildman–Crippen LogP) is 2.42. The molecule has 1 aromatic rings. The lowest BCUT2D eigenvalue weighted by Crippen LogP contribution is -2.42. The minimum Gasteiger partial charge on any atom is -0.378 e. The van der Waals surface area contributed by atoms with Crippen LogP contribution in [0.2, 0.25) is 0 Å². The molecule has 0 aromatic carbocycles. The highest BCUT2D eigenvalue weighted by molar-refractivity contribution is 5.93. The van der Waals surface area contributed by atoms with E-state index < -0.39 is 0 Å². The van der Waals surface area contributed by atoms with E-state index in [-0.39, 0.29) is 5.91 Å². The molecule has 0 bridgehead atoms. The molecule has 0 saturated carbocycles. The highest BCUT2D eigenvalue weighted by atomic mass is 16.5. The number of nitrogens with zero attached hydrogens (tertiary/aromatic N) is 2. The maximum atomic E-state index is 12.4. The molecular weight excluding hydrogens is 264 g/mol. The molecule has 2 rings (SSSR count).